The molecule has 4 rings (SSSR count). The maximum atomic E-state index is 12.1. The summed E-state index contributed by atoms with van der Waals surface area (Å²) < 4.78 is 16.8. The van der Waals surface area contributed by atoms with Gasteiger partial charge >= 0.3 is 5.63 Å². The molecule has 1 aliphatic heterocycles. The van der Waals surface area contributed by atoms with E-state index < -0.39 is 0 Å². The number of halogens is 1. The quantitative estimate of drug-likeness (QED) is 0.579. The summed E-state index contributed by atoms with van der Waals surface area (Å²) in [4.78, 5) is 14.3. The summed E-state index contributed by atoms with van der Waals surface area (Å²) in [6.07, 6.45) is 1.73. The molecule has 0 spiro atoms. The number of rotatable bonds is 5. The van der Waals surface area contributed by atoms with Crippen molar-refractivity contribution in [3.63, 3.8) is 0 Å². The molecule has 0 amide bonds. The van der Waals surface area contributed by atoms with Crippen LogP contribution < -0.4 is 15.1 Å². The van der Waals surface area contributed by atoms with Crippen molar-refractivity contribution >= 4 is 22.6 Å². The highest BCUT2D eigenvalue weighted by molar-refractivity contribution is 6.33. The minimum absolute atomic E-state index is 0.342. The Balaban J connectivity index is 1.73. The topological polar surface area (TPSA) is 51.9 Å². The average molecular weight is 400 g/mol. The third-order valence-electron chi connectivity index (χ3n) is 4.95. The zero-order valence-electron chi connectivity index (χ0n) is 16.0. The highest BCUT2D eigenvalue weighted by atomic mass is 35.5. The first-order valence-electron chi connectivity index (χ1n) is 9.35. The molecular formula is C22H22ClNO4. The fraction of sp³-hybridized carbons (Fsp3) is 0.318. The van der Waals surface area contributed by atoms with Crippen molar-refractivity contribution in [2.45, 2.75) is 32.9 Å². The van der Waals surface area contributed by atoms with Crippen LogP contribution in [-0.4, -0.2) is 18.7 Å². The van der Waals surface area contributed by atoms with E-state index in [2.05, 4.69) is 11.8 Å². The highest BCUT2D eigenvalue weighted by Gasteiger charge is 2.25. The molecule has 28 heavy (non-hydrogen) atoms. The maximum absolute atomic E-state index is 12.1. The molecule has 0 saturated carbocycles. The Morgan fingerprint density at radius 2 is 2.11 bits per heavy atom. The Bertz CT molecular complexity index is 1080. The smallest absolute Gasteiger partial charge is 0.336 e. The second-order valence-electron chi connectivity index (χ2n) is 7.00. The lowest BCUT2D eigenvalue weighted by Crippen LogP contribution is -2.32. The normalized spacial score (nSPS) is 14.0. The van der Waals surface area contributed by atoms with Gasteiger partial charge in [0.1, 0.15) is 23.8 Å². The monoisotopic (exact) mass is 399 g/mol. The summed E-state index contributed by atoms with van der Waals surface area (Å²) in [5, 5.41) is 1.44. The van der Waals surface area contributed by atoms with Crippen molar-refractivity contribution in [1.82, 2.24) is 4.90 Å². The van der Waals surface area contributed by atoms with Gasteiger partial charge < -0.3 is 13.9 Å². The van der Waals surface area contributed by atoms with Gasteiger partial charge in [0.15, 0.2) is 0 Å². The Kier molecular flexibility index (Phi) is 5.29. The number of nitrogens with zero attached hydrogens (tertiary/aromatic N) is 1. The van der Waals surface area contributed by atoms with Gasteiger partial charge in [-0.1, -0.05) is 37.1 Å². The summed E-state index contributed by atoms with van der Waals surface area (Å²) in [7, 11) is 1.66. The fourth-order valence-corrected chi connectivity index (χ4v) is 3.98. The number of benzene rings is 2. The number of methoxy groups -OCH3 is 1. The van der Waals surface area contributed by atoms with Gasteiger partial charge in [-0.05, 0) is 35.7 Å². The summed E-state index contributed by atoms with van der Waals surface area (Å²) in [5.74, 6) is 1.42. The number of ether oxygens (including phenoxy) is 2. The molecule has 5 nitrogen and oxygen atoms in total. The van der Waals surface area contributed by atoms with Crippen molar-refractivity contribution in [2.24, 2.45) is 0 Å². The van der Waals surface area contributed by atoms with E-state index in [9.17, 15) is 4.79 Å². The molecule has 146 valence electrons. The van der Waals surface area contributed by atoms with Crippen molar-refractivity contribution in [3.8, 4) is 11.5 Å². The van der Waals surface area contributed by atoms with Crippen LogP contribution in [0.1, 0.15) is 30.0 Å². The molecule has 1 aliphatic rings. The fourth-order valence-electron chi connectivity index (χ4n) is 3.70. The predicted octanol–water partition coefficient (Wildman–Crippen LogP) is 4.76. The van der Waals surface area contributed by atoms with Crippen molar-refractivity contribution in [1.29, 1.82) is 0 Å². The molecule has 0 bridgehead atoms. The van der Waals surface area contributed by atoms with Gasteiger partial charge in [-0.25, -0.2) is 4.79 Å². The number of hydrogen-bond acceptors (Lipinski definition) is 5. The van der Waals surface area contributed by atoms with E-state index in [-0.39, 0.29) is 5.63 Å². The second kappa shape index (κ2) is 7.86. The van der Waals surface area contributed by atoms with Crippen LogP contribution in [0.3, 0.4) is 0 Å². The van der Waals surface area contributed by atoms with Crippen LogP contribution in [0.2, 0.25) is 5.02 Å². The highest BCUT2D eigenvalue weighted by Crippen LogP contribution is 2.39. The number of hydrogen-bond donors (Lipinski definition) is 0. The van der Waals surface area contributed by atoms with Crippen LogP contribution in [0, 0.1) is 0 Å². The van der Waals surface area contributed by atoms with E-state index in [4.69, 9.17) is 25.5 Å². The predicted molar refractivity (Wildman–Crippen MR) is 109 cm³/mol. The molecule has 2 aromatic carbocycles. The van der Waals surface area contributed by atoms with Crippen LogP contribution in [0.4, 0.5) is 0 Å². The third-order valence-corrected chi connectivity index (χ3v) is 5.24. The standard InChI is InChI=1S/C22H22ClNO4/c1-3-5-15-9-20(25)28-21-17(15)10-19(23)22-18(21)12-24(13-27-22)11-14-6-4-7-16(8-14)26-2/h4,6-10H,3,5,11-13H2,1-2H3. The van der Waals surface area contributed by atoms with Crippen LogP contribution in [0.25, 0.3) is 11.0 Å². The van der Waals surface area contributed by atoms with Crippen LogP contribution in [0.15, 0.2) is 45.6 Å². The molecule has 1 aromatic heterocycles. The average Bonchev–Trinajstić information content (AvgIpc) is 2.69. The molecular weight excluding hydrogens is 378 g/mol. The molecule has 0 saturated heterocycles. The Morgan fingerprint density at radius 3 is 2.89 bits per heavy atom. The van der Waals surface area contributed by atoms with E-state index in [1.807, 2.05) is 30.3 Å². The summed E-state index contributed by atoms with van der Waals surface area (Å²) in [6.45, 7) is 3.76. The van der Waals surface area contributed by atoms with Crippen LogP contribution in [0.5, 0.6) is 11.5 Å². The largest absolute Gasteiger partial charge is 0.497 e. The van der Waals surface area contributed by atoms with Crippen molar-refractivity contribution in [3.05, 3.63) is 68.5 Å². The molecule has 0 fully saturated rings. The first-order valence-corrected chi connectivity index (χ1v) is 9.73. The Hall–Kier alpha value is -2.50. The SMILES string of the molecule is CCCc1cc(=O)oc2c3c(c(Cl)cc12)OCN(Cc1cccc(OC)c1)C3. The molecule has 0 N–H and O–H groups in total. The van der Waals surface area contributed by atoms with E-state index >= 15 is 0 Å². The lowest BCUT2D eigenvalue weighted by atomic mass is 10.0. The minimum atomic E-state index is -0.342. The molecule has 2 heterocycles. The first-order chi connectivity index (χ1) is 13.6. The van der Waals surface area contributed by atoms with Gasteiger partial charge in [0, 0.05) is 24.5 Å². The lowest BCUT2D eigenvalue weighted by Gasteiger charge is -2.30. The van der Waals surface area contributed by atoms with E-state index in [1.54, 1.807) is 13.2 Å². The van der Waals surface area contributed by atoms with Crippen molar-refractivity contribution < 1.29 is 13.9 Å². The summed E-state index contributed by atoms with van der Waals surface area (Å²) >= 11 is 6.50. The lowest BCUT2D eigenvalue weighted by molar-refractivity contribution is 0.0890. The van der Waals surface area contributed by atoms with Gasteiger partial charge in [0.25, 0.3) is 0 Å². The summed E-state index contributed by atoms with van der Waals surface area (Å²) in [5.41, 5.74) is 3.14. The zero-order chi connectivity index (χ0) is 19.7. The molecule has 6 heteroatoms. The van der Waals surface area contributed by atoms with Crippen molar-refractivity contribution in [2.75, 3.05) is 13.8 Å². The minimum Gasteiger partial charge on any atom is -0.497 e. The molecule has 0 unspecified atom stereocenters. The Labute approximate surface area is 168 Å². The Morgan fingerprint density at radius 1 is 1.25 bits per heavy atom. The number of fused-ring (bicyclic) bond motifs is 3. The van der Waals surface area contributed by atoms with Gasteiger partial charge in [0.05, 0.1) is 17.7 Å². The van der Waals surface area contributed by atoms with Crippen LogP contribution >= 0.6 is 11.6 Å². The van der Waals surface area contributed by atoms with E-state index in [0.29, 0.717) is 36.2 Å². The zero-order valence-corrected chi connectivity index (χ0v) is 16.7. The van der Waals surface area contributed by atoms with Gasteiger partial charge in [0.2, 0.25) is 0 Å². The molecule has 3 aromatic rings. The van der Waals surface area contributed by atoms with Gasteiger partial charge in [-0.2, -0.15) is 0 Å². The summed E-state index contributed by atoms with van der Waals surface area (Å²) in [6, 6.07) is 11.4. The second-order valence-corrected chi connectivity index (χ2v) is 7.40. The molecule has 0 radical (unpaired) electrons. The number of aryl methyl sites for hydroxylation is 1. The maximum Gasteiger partial charge on any atom is 0.336 e. The van der Waals surface area contributed by atoms with Gasteiger partial charge in [-0.3, -0.25) is 4.90 Å². The van der Waals surface area contributed by atoms with E-state index in [1.165, 1.54) is 0 Å². The van der Waals surface area contributed by atoms with E-state index in [0.717, 1.165) is 40.7 Å². The first kappa shape index (κ1) is 18.8. The molecule has 0 atom stereocenters. The molecule has 0 aliphatic carbocycles. The third kappa shape index (κ3) is 3.60. The van der Waals surface area contributed by atoms with Crippen LogP contribution in [-0.2, 0) is 19.5 Å². The van der Waals surface area contributed by atoms with Gasteiger partial charge in [-0.15, -0.1) is 0 Å².